The Morgan fingerprint density at radius 3 is 2.88 bits per heavy atom. The average molecular weight is 355 g/mol. The molecule has 2 heterocycles. The quantitative estimate of drug-likeness (QED) is 0.399. The fourth-order valence-corrected chi connectivity index (χ4v) is 2.71. The summed E-state index contributed by atoms with van der Waals surface area (Å²) in [6.07, 6.45) is 6.70. The Kier molecular flexibility index (Phi) is 7.50. The number of ether oxygens (including phenoxy) is 1. The van der Waals surface area contributed by atoms with Gasteiger partial charge in [-0.05, 0) is 13.3 Å². The van der Waals surface area contributed by atoms with Crippen LogP contribution < -0.4 is 0 Å². The fourth-order valence-electron chi connectivity index (χ4n) is 2.54. The zero-order valence-corrected chi connectivity index (χ0v) is 14.7. The summed E-state index contributed by atoms with van der Waals surface area (Å²) in [6.45, 7) is 5.75. The molecular formula is C16H23ClN4O3. The van der Waals surface area contributed by atoms with Gasteiger partial charge in [-0.25, -0.2) is 0 Å². The molecule has 0 N–H and O–H groups in total. The maximum absolute atomic E-state index is 11.6. The number of halogens is 1. The van der Waals surface area contributed by atoms with E-state index in [2.05, 4.69) is 21.0 Å². The van der Waals surface area contributed by atoms with Crippen molar-refractivity contribution in [1.29, 1.82) is 0 Å². The van der Waals surface area contributed by atoms with Gasteiger partial charge in [0.15, 0.2) is 5.82 Å². The van der Waals surface area contributed by atoms with Crippen LogP contribution in [0.1, 0.15) is 37.5 Å². The van der Waals surface area contributed by atoms with Crippen molar-refractivity contribution in [3.05, 3.63) is 11.7 Å². The van der Waals surface area contributed by atoms with Crippen LogP contribution >= 0.6 is 11.6 Å². The number of carbonyl (C=O) groups excluding carboxylic acids is 1. The molecule has 24 heavy (non-hydrogen) atoms. The molecule has 1 amide bonds. The molecule has 0 spiro atoms. The van der Waals surface area contributed by atoms with Crippen molar-refractivity contribution in [1.82, 2.24) is 19.9 Å². The number of hydrogen-bond donors (Lipinski definition) is 0. The lowest BCUT2D eigenvalue weighted by Gasteiger charge is -2.36. The van der Waals surface area contributed by atoms with Gasteiger partial charge in [0.25, 0.3) is 5.89 Å². The normalized spacial score (nSPS) is 16.8. The molecule has 7 nitrogen and oxygen atoms in total. The van der Waals surface area contributed by atoms with Gasteiger partial charge in [-0.2, -0.15) is 4.98 Å². The van der Waals surface area contributed by atoms with Crippen molar-refractivity contribution in [2.45, 2.75) is 32.4 Å². The monoisotopic (exact) mass is 354 g/mol. The molecule has 0 radical (unpaired) electrons. The molecule has 0 bridgehead atoms. The number of piperazine rings is 1. The maximum Gasteiger partial charge on any atom is 0.252 e. The van der Waals surface area contributed by atoms with Crippen LogP contribution in [0.25, 0.3) is 0 Å². The zero-order chi connectivity index (χ0) is 17.4. The predicted octanol–water partition coefficient (Wildman–Crippen LogP) is 1.44. The second kappa shape index (κ2) is 9.62. The van der Waals surface area contributed by atoms with Gasteiger partial charge in [-0.3, -0.25) is 9.69 Å². The molecule has 0 aromatic carbocycles. The highest BCUT2D eigenvalue weighted by atomic mass is 35.5. The molecule has 1 aliphatic heterocycles. The number of unbranched alkanes of at least 4 members (excludes halogenated alkanes) is 1. The van der Waals surface area contributed by atoms with E-state index in [1.807, 2.05) is 6.92 Å². The SMILES string of the molecule is C#CCCCOCc1nc(C(C)N2CCN(C(=O)CCl)CC2)no1. The second-order valence-corrected chi connectivity index (χ2v) is 5.90. The highest BCUT2D eigenvalue weighted by Crippen LogP contribution is 2.19. The number of aromatic nitrogens is 2. The summed E-state index contributed by atoms with van der Waals surface area (Å²) in [5.41, 5.74) is 0. The smallest absolute Gasteiger partial charge is 0.252 e. The lowest BCUT2D eigenvalue weighted by Crippen LogP contribution is -2.49. The molecule has 0 aliphatic carbocycles. The minimum absolute atomic E-state index is 0.0206. The number of rotatable bonds is 8. The molecule has 0 saturated carbocycles. The number of hydrogen-bond acceptors (Lipinski definition) is 6. The van der Waals surface area contributed by atoms with Gasteiger partial charge >= 0.3 is 0 Å². The van der Waals surface area contributed by atoms with Gasteiger partial charge in [-0.15, -0.1) is 23.9 Å². The van der Waals surface area contributed by atoms with Crippen molar-refractivity contribution >= 4 is 17.5 Å². The standard InChI is InChI=1S/C16H23ClN4O3/c1-3-4-5-10-23-12-14-18-16(19-24-14)13(2)20-6-8-21(9-7-20)15(22)11-17/h1,13H,4-12H2,2H3. The number of amides is 1. The van der Waals surface area contributed by atoms with Crippen molar-refractivity contribution < 1.29 is 14.1 Å². The minimum Gasteiger partial charge on any atom is -0.372 e. The third-order valence-corrected chi connectivity index (χ3v) is 4.25. The van der Waals surface area contributed by atoms with Crippen LogP contribution in [0.5, 0.6) is 0 Å². The Morgan fingerprint density at radius 2 is 2.21 bits per heavy atom. The van der Waals surface area contributed by atoms with Crippen molar-refractivity contribution in [2.24, 2.45) is 0 Å². The number of carbonyl (C=O) groups is 1. The maximum atomic E-state index is 11.6. The molecular weight excluding hydrogens is 332 g/mol. The summed E-state index contributed by atoms with van der Waals surface area (Å²) in [7, 11) is 0. The van der Waals surface area contributed by atoms with Gasteiger partial charge < -0.3 is 14.2 Å². The van der Waals surface area contributed by atoms with E-state index in [-0.39, 0.29) is 17.8 Å². The van der Waals surface area contributed by atoms with E-state index in [1.54, 1.807) is 4.90 Å². The Morgan fingerprint density at radius 1 is 1.46 bits per heavy atom. The van der Waals surface area contributed by atoms with E-state index in [0.29, 0.717) is 44.4 Å². The lowest BCUT2D eigenvalue weighted by molar-refractivity contribution is -0.130. The van der Waals surface area contributed by atoms with Crippen LogP contribution in [0.4, 0.5) is 0 Å². The summed E-state index contributed by atoms with van der Waals surface area (Å²) < 4.78 is 10.7. The van der Waals surface area contributed by atoms with Gasteiger partial charge in [0.2, 0.25) is 5.91 Å². The fraction of sp³-hybridized carbons (Fsp3) is 0.688. The van der Waals surface area contributed by atoms with Crippen molar-refractivity contribution in [3.63, 3.8) is 0 Å². The van der Waals surface area contributed by atoms with Crippen LogP contribution in [0, 0.1) is 12.3 Å². The van der Waals surface area contributed by atoms with Crippen LogP contribution in [-0.2, 0) is 16.1 Å². The summed E-state index contributed by atoms with van der Waals surface area (Å²) in [4.78, 5) is 20.0. The summed E-state index contributed by atoms with van der Waals surface area (Å²) in [5, 5.41) is 4.03. The highest BCUT2D eigenvalue weighted by Gasteiger charge is 2.26. The van der Waals surface area contributed by atoms with Crippen LogP contribution in [0.2, 0.25) is 0 Å². The van der Waals surface area contributed by atoms with Gasteiger partial charge in [0.05, 0.1) is 6.04 Å². The van der Waals surface area contributed by atoms with Crippen molar-refractivity contribution in [2.75, 3.05) is 38.7 Å². The number of nitrogens with zero attached hydrogens (tertiary/aromatic N) is 4. The predicted molar refractivity (Wildman–Crippen MR) is 89.3 cm³/mol. The number of alkyl halides is 1. The van der Waals surface area contributed by atoms with Crippen LogP contribution in [0.3, 0.4) is 0 Å². The summed E-state index contributed by atoms with van der Waals surface area (Å²) in [6, 6.07) is 0.0252. The molecule has 132 valence electrons. The van der Waals surface area contributed by atoms with Gasteiger partial charge in [-0.1, -0.05) is 5.16 Å². The first kappa shape index (κ1) is 18.7. The van der Waals surface area contributed by atoms with Crippen LogP contribution in [0.15, 0.2) is 4.52 Å². The third-order valence-electron chi connectivity index (χ3n) is 4.02. The molecule has 1 fully saturated rings. The molecule has 1 aromatic heterocycles. The van der Waals surface area contributed by atoms with E-state index in [4.69, 9.17) is 27.3 Å². The van der Waals surface area contributed by atoms with E-state index in [0.717, 1.165) is 19.5 Å². The molecule has 1 aromatic rings. The minimum atomic E-state index is -0.0206. The van der Waals surface area contributed by atoms with E-state index in [9.17, 15) is 4.79 Å². The lowest BCUT2D eigenvalue weighted by atomic mass is 10.2. The Bertz CT molecular complexity index is 564. The van der Waals surface area contributed by atoms with Gasteiger partial charge in [0, 0.05) is 39.2 Å². The van der Waals surface area contributed by atoms with Gasteiger partial charge in [0.1, 0.15) is 12.5 Å². The average Bonchev–Trinajstić information content (AvgIpc) is 3.09. The highest BCUT2D eigenvalue weighted by molar-refractivity contribution is 6.27. The molecule has 1 unspecified atom stereocenters. The first-order valence-corrected chi connectivity index (χ1v) is 8.60. The first-order valence-electron chi connectivity index (χ1n) is 8.07. The molecule has 8 heteroatoms. The van der Waals surface area contributed by atoms with E-state index >= 15 is 0 Å². The van der Waals surface area contributed by atoms with E-state index < -0.39 is 0 Å². The number of terminal acetylenes is 1. The molecule has 1 saturated heterocycles. The Balaban J connectivity index is 1.78. The summed E-state index contributed by atoms with van der Waals surface area (Å²) >= 11 is 5.59. The Hall–Kier alpha value is -1.62. The molecule has 2 rings (SSSR count). The summed E-state index contributed by atoms with van der Waals surface area (Å²) in [5.74, 6) is 3.68. The van der Waals surface area contributed by atoms with E-state index in [1.165, 1.54) is 0 Å². The topological polar surface area (TPSA) is 71.7 Å². The second-order valence-electron chi connectivity index (χ2n) is 5.63. The van der Waals surface area contributed by atoms with Crippen molar-refractivity contribution in [3.8, 4) is 12.3 Å². The molecule has 1 aliphatic rings. The zero-order valence-electron chi connectivity index (χ0n) is 13.9. The third kappa shape index (κ3) is 5.20. The van der Waals surface area contributed by atoms with Crippen LogP contribution in [-0.4, -0.2) is 64.5 Å². The largest absolute Gasteiger partial charge is 0.372 e. The molecule has 1 atom stereocenters. The Labute approximate surface area is 147 Å². The first-order chi connectivity index (χ1) is 11.7.